The summed E-state index contributed by atoms with van der Waals surface area (Å²) >= 11 is 0. The molecule has 9 unspecified atom stereocenters. The molecule has 49 heavy (non-hydrogen) atoms. The molecule has 4 fully saturated rings. The van der Waals surface area contributed by atoms with Crippen LogP contribution in [0.2, 0.25) is 0 Å². The smallest absolute Gasteiger partial charge is 0.390 e. The lowest BCUT2D eigenvalue weighted by Crippen LogP contribution is -2.62. The van der Waals surface area contributed by atoms with Gasteiger partial charge in [0.25, 0.3) is 11.2 Å². The maximum absolute atomic E-state index is 13.2. The third-order valence-corrected chi connectivity index (χ3v) is 11.9. The van der Waals surface area contributed by atoms with Crippen LogP contribution in [0.5, 0.6) is 0 Å². The lowest BCUT2D eigenvalue weighted by Gasteiger charge is -2.44. The first kappa shape index (κ1) is 42.2. The van der Waals surface area contributed by atoms with Gasteiger partial charge < -0.3 is 20.4 Å². The highest BCUT2D eigenvalue weighted by Gasteiger charge is 2.76. The first-order valence-corrected chi connectivity index (χ1v) is 15.8. The third kappa shape index (κ3) is 7.65. The average molecular weight is 751 g/mol. The van der Waals surface area contributed by atoms with E-state index >= 15 is 0 Å². The van der Waals surface area contributed by atoms with E-state index in [2.05, 4.69) is 0 Å². The molecule has 0 heterocycles. The fourth-order valence-corrected chi connectivity index (χ4v) is 9.00. The molecule has 0 aromatic rings. The van der Waals surface area contributed by atoms with E-state index in [1.54, 1.807) is 13.8 Å². The molecule has 290 valence electrons. The van der Waals surface area contributed by atoms with E-state index in [4.69, 9.17) is 5.11 Å². The van der Waals surface area contributed by atoms with Crippen LogP contribution in [-0.2, 0) is 0 Å². The average Bonchev–Trinajstić information content (AvgIpc) is 3.53. The lowest BCUT2D eigenvalue weighted by atomic mass is 9.65. The number of hydrogen-bond donors (Lipinski definition) is 4. The molecular formula is C30H41F15O4. The van der Waals surface area contributed by atoms with Crippen LogP contribution in [0.1, 0.15) is 85.0 Å². The number of halogens is 15. The SMILES string of the molecule is CC(C)(O)C1CCC2C(CC3CC(C(O)(C(F)(F)F)C(F)(F)F)CCC32)C1.CC(O)(C1CCC(C(O)(C(F)(F)F)C(F)(F)F)C1)C(F)(F)F. The molecule has 4 rings (SSSR count). The Bertz CT molecular complexity index is 1110. The Labute approximate surface area is 272 Å². The second-order valence-corrected chi connectivity index (χ2v) is 15.1. The van der Waals surface area contributed by atoms with E-state index in [9.17, 15) is 81.2 Å². The van der Waals surface area contributed by atoms with Gasteiger partial charge in [0.1, 0.15) is 0 Å². The minimum atomic E-state index is -6.09. The van der Waals surface area contributed by atoms with Gasteiger partial charge in [-0.05, 0) is 120 Å². The zero-order valence-electron chi connectivity index (χ0n) is 26.6. The van der Waals surface area contributed by atoms with Gasteiger partial charge in [0.05, 0.1) is 5.60 Å². The van der Waals surface area contributed by atoms with Crippen molar-refractivity contribution in [3.05, 3.63) is 0 Å². The van der Waals surface area contributed by atoms with Crippen LogP contribution in [0.3, 0.4) is 0 Å². The van der Waals surface area contributed by atoms with Crippen LogP contribution in [0.25, 0.3) is 0 Å². The van der Waals surface area contributed by atoms with Crippen LogP contribution in [0, 0.1) is 47.3 Å². The summed E-state index contributed by atoms with van der Waals surface area (Å²) in [5.74, 6) is -5.62. The van der Waals surface area contributed by atoms with E-state index < -0.39 is 90.3 Å². The summed E-state index contributed by atoms with van der Waals surface area (Å²) < 4.78 is 193. The molecule has 0 spiro atoms. The van der Waals surface area contributed by atoms with E-state index in [1.165, 1.54) is 0 Å². The maximum Gasteiger partial charge on any atom is 0.426 e. The zero-order valence-corrected chi connectivity index (χ0v) is 26.6. The number of alkyl halides is 15. The molecule has 4 aliphatic carbocycles. The van der Waals surface area contributed by atoms with Crippen LogP contribution in [0.4, 0.5) is 65.9 Å². The minimum absolute atomic E-state index is 0.108. The van der Waals surface area contributed by atoms with Gasteiger partial charge in [-0.3, -0.25) is 0 Å². The molecule has 0 amide bonds. The largest absolute Gasteiger partial charge is 0.426 e. The van der Waals surface area contributed by atoms with Gasteiger partial charge >= 0.3 is 30.9 Å². The van der Waals surface area contributed by atoms with Crippen molar-refractivity contribution < 1.29 is 86.3 Å². The predicted octanol–water partition coefficient (Wildman–Crippen LogP) is 8.65. The molecule has 0 aromatic carbocycles. The topological polar surface area (TPSA) is 80.9 Å². The maximum atomic E-state index is 13.2. The molecular weight excluding hydrogens is 709 g/mol. The highest BCUT2D eigenvalue weighted by atomic mass is 19.4. The summed E-state index contributed by atoms with van der Waals surface area (Å²) in [5, 5.41) is 38.5. The van der Waals surface area contributed by atoms with Gasteiger partial charge in [-0.1, -0.05) is 0 Å². The summed E-state index contributed by atoms with van der Waals surface area (Å²) in [6, 6.07) is 0. The molecule has 4 nitrogen and oxygen atoms in total. The van der Waals surface area contributed by atoms with Gasteiger partial charge in [0.2, 0.25) is 0 Å². The summed E-state index contributed by atoms with van der Waals surface area (Å²) in [6.45, 7) is 3.80. The molecule has 4 aliphatic rings. The Morgan fingerprint density at radius 2 is 0.673 bits per heavy atom. The second kappa shape index (κ2) is 13.0. The Morgan fingerprint density at radius 1 is 0.367 bits per heavy atom. The van der Waals surface area contributed by atoms with Crippen LogP contribution in [-0.4, -0.2) is 73.7 Å². The number of rotatable bonds is 4. The Balaban J connectivity index is 0.000000272. The van der Waals surface area contributed by atoms with E-state index in [0.717, 1.165) is 19.3 Å². The van der Waals surface area contributed by atoms with Crippen molar-refractivity contribution in [2.75, 3.05) is 0 Å². The van der Waals surface area contributed by atoms with Crippen molar-refractivity contribution in [3.63, 3.8) is 0 Å². The van der Waals surface area contributed by atoms with E-state index in [1.807, 2.05) is 0 Å². The fourth-order valence-electron chi connectivity index (χ4n) is 9.00. The summed E-state index contributed by atoms with van der Waals surface area (Å²) in [5.41, 5.74) is -14.0. The highest BCUT2D eigenvalue weighted by molar-refractivity contribution is 5.07. The predicted molar refractivity (Wildman–Crippen MR) is 141 cm³/mol. The van der Waals surface area contributed by atoms with E-state index in [0.29, 0.717) is 25.7 Å². The Morgan fingerprint density at radius 3 is 1.02 bits per heavy atom. The summed E-state index contributed by atoms with van der Waals surface area (Å²) in [4.78, 5) is 0. The fraction of sp³-hybridized carbons (Fsp3) is 1.00. The minimum Gasteiger partial charge on any atom is -0.390 e. The normalized spacial score (nSPS) is 33.7. The molecule has 0 bridgehead atoms. The molecule has 19 heteroatoms. The summed E-state index contributed by atoms with van der Waals surface area (Å²) in [7, 11) is 0. The first-order chi connectivity index (χ1) is 21.6. The quantitative estimate of drug-likeness (QED) is 0.217. The monoisotopic (exact) mass is 750 g/mol. The molecule has 0 saturated heterocycles. The van der Waals surface area contributed by atoms with Crippen molar-refractivity contribution in [2.45, 2.75) is 138 Å². The van der Waals surface area contributed by atoms with Crippen molar-refractivity contribution in [1.82, 2.24) is 0 Å². The zero-order chi connectivity index (χ0) is 38.2. The van der Waals surface area contributed by atoms with Gasteiger partial charge in [-0.25, -0.2) is 0 Å². The second-order valence-electron chi connectivity index (χ2n) is 15.1. The van der Waals surface area contributed by atoms with Gasteiger partial charge in [0, 0.05) is 11.8 Å². The molecule has 0 radical (unpaired) electrons. The van der Waals surface area contributed by atoms with Crippen LogP contribution < -0.4 is 0 Å². The number of hydrogen-bond acceptors (Lipinski definition) is 4. The molecule has 0 aromatic heterocycles. The van der Waals surface area contributed by atoms with Crippen molar-refractivity contribution in [1.29, 1.82) is 0 Å². The van der Waals surface area contributed by atoms with Crippen molar-refractivity contribution >= 4 is 0 Å². The molecule has 9 atom stereocenters. The molecule has 0 aliphatic heterocycles. The van der Waals surface area contributed by atoms with Crippen molar-refractivity contribution in [3.8, 4) is 0 Å². The van der Waals surface area contributed by atoms with E-state index in [-0.39, 0.29) is 36.5 Å². The first-order valence-electron chi connectivity index (χ1n) is 15.8. The van der Waals surface area contributed by atoms with Gasteiger partial charge in [0.15, 0.2) is 5.60 Å². The van der Waals surface area contributed by atoms with Crippen LogP contribution in [0.15, 0.2) is 0 Å². The molecule has 4 saturated carbocycles. The number of aliphatic hydroxyl groups is 4. The standard InChI is InChI=1S/C19H28F6O2.C11H13F9O2/c1-16(2,26)12-3-5-14-10(8-12)7-11-9-13(4-6-15(11)14)17(27,18(20,21)22)19(23,24)25;1-7(21,9(12,13)14)5-2-3-6(4-5)8(22,10(15,16)17)11(18,19)20/h10-15,26-27H,3-9H2,1-2H3;5-6,21-22H,2-4H2,1H3. The summed E-state index contributed by atoms with van der Waals surface area (Å²) in [6.07, 6.45) is -28.9. The number of fused-ring (bicyclic) bond motifs is 3. The van der Waals surface area contributed by atoms with Gasteiger partial charge in [-0.15, -0.1) is 0 Å². The van der Waals surface area contributed by atoms with Crippen LogP contribution >= 0.6 is 0 Å². The highest BCUT2D eigenvalue weighted by Crippen LogP contribution is 2.61. The Hall–Kier alpha value is -1.21. The third-order valence-electron chi connectivity index (χ3n) is 11.9. The molecule has 4 N–H and O–H groups in total. The Kier molecular flexibility index (Phi) is 11.2. The van der Waals surface area contributed by atoms with Gasteiger partial charge in [-0.2, -0.15) is 65.9 Å². The lowest BCUT2D eigenvalue weighted by molar-refractivity contribution is -0.388. The van der Waals surface area contributed by atoms with Crippen molar-refractivity contribution in [2.24, 2.45) is 47.3 Å².